The van der Waals surface area contributed by atoms with E-state index in [1.807, 2.05) is 54.6 Å². The van der Waals surface area contributed by atoms with E-state index in [0.29, 0.717) is 38.2 Å². The molecule has 156 valence electrons. The van der Waals surface area contributed by atoms with Crippen LogP contribution in [0.25, 0.3) is 0 Å². The van der Waals surface area contributed by atoms with Gasteiger partial charge in [-0.15, -0.1) is 0 Å². The van der Waals surface area contributed by atoms with Crippen molar-refractivity contribution in [2.45, 2.75) is 18.4 Å². The minimum Gasteiger partial charge on any atom is -0.497 e. The van der Waals surface area contributed by atoms with E-state index in [9.17, 15) is 9.59 Å². The number of hydrogen-bond acceptors (Lipinski definition) is 5. The van der Waals surface area contributed by atoms with E-state index in [0.717, 1.165) is 16.9 Å². The number of piperidine rings is 1. The van der Waals surface area contributed by atoms with Crippen LogP contribution < -0.4 is 15.4 Å². The van der Waals surface area contributed by atoms with Crippen molar-refractivity contribution in [2.75, 3.05) is 37.4 Å². The Kier molecular flexibility index (Phi) is 5.61. The van der Waals surface area contributed by atoms with Gasteiger partial charge in [0.1, 0.15) is 11.4 Å². The highest BCUT2D eigenvalue weighted by Gasteiger charge is 2.45. The summed E-state index contributed by atoms with van der Waals surface area (Å²) in [6.45, 7) is 1.60. The van der Waals surface area contributed by atoms with E-state index >= 15 is 0 Å². The number of ether oxygens (including phenoxy) is 2. The number of hydrogen-bond donors (Lipinski definition) is 2. The molecule has 0 unspecified atom stereocenters. The molecular weight excluding hydrogens is 382 g/mol. The Balaban J connectivity index is 1.38. The minimum absolute atomic E-state index is 0.0363. The standard InChI is InChI=1S/C23H25N3O4/c1-29-18-9-10-20-19(16-18)23(30-22(28)25-20)11-14-26(15-12-23)21(27)8-5-13-24-17-6-3-2-4-7-17/h2-10,16,24H,11-15H2,1H3,(H,25,28). The van der Waals surface area contributed by atoms with Gasteiger partial charge in [-0.3, -0.25) is 10.1 Å². The number of carbonyl (C=O) groups excluding carboxylic acids is 2. The van der Waals surface area contributed by atoms with Gasteiger partial charge in [-0.25, -0.2) is 4.79 Å². The molecular formula is C23H25N3O4. The molecule has 2 N–H and O–H groups in total. The van der Waals surface area contributed by atoms with Crippen LogP contribution in [-0.2, 0) is 15.1 Å². The van der Waals surface area contributed by atoms with Crippen molar-refractivity contribution >= 4 is 23.4 Å². The van der Waals surface area contributed by atoms with Gasteiger partial charge < -0.3 is 19.7 Å². The maximum Gasteiger partial charge on any atom is 0.412 e. The van der Waals surface area contributed by atoms with Gasteiger partial charge in [0, 0.05) is 49.8 Å². The van der Waals surface area contributed by atoms with Crippen LogP contribution in [0.15, 0.2) is 60.7 Å². The summed E-state index contributed by atoms with van der Waals surface area (Å²) >= 11 is 0. The monoisotopic (exact) mass is 407 g/mol. The Morgan fingerprint density at radius 3 is 2.73 bits per heavy atom. The van der Waals surface area contributed by atoms with Crippen molar-refractivity contribution < 1.29 is 19.1 Å². The van der Waals surface area contributed by atoms with Crippen molar-refractivity contribution in [1.29, 1.82) is 0 Å². The average Bonchev–Trinajstić information content (AvgIpc) is 2.77. The van der Waals surface area contributed by atoms with Gasteiger partial charge in [-0.05, 0) is 30.3 Å². The number of carbonyl (C=O) groups is 2. The van der Waals surface area contributed by atoms with E-state index in [1.54, 1.807) is 18.1 Å². The number of nitrogens with one attached hydrogen (secondary N) is 2. The topological polar surface area (TPSA) is 79.9 Å². The lowest BCUT2D eigenvalue weighted by molar-refractivity contribution is -0.130. The summed E-state index contributed by atoms with van der Waals surface area (Å²) in [7, 11) is 1.61. The lowest BCUT2D eigenvalue weighted by Crippen LogP contribution is -2.49. The third-order valence-corrected chi connectivity index (χ3v) is 5.58. The van der Waals surface area contributed by atoms with Crippen LogP contribution in [0.4, 0.5) is 16.2 Å². The summed E-state index contributed by atoms with van der Waals surface area (Å²) < 4.78 is 11.1. The van der Waals surface area contributed by atoms with E-state index < -0.39 is 11.7 Å². The van der Waals surface area contributed by atoms with Crippen LogP contribution >= 0.6 is 0 Å². The SMILES string of the molecule is COc1ccc2c(c1)C1(CCN(C(=O)C=CCNc3ccccc3)CC1)OC(=O)N2. The second kappa shape index (κ2) is 8.49. The molecule has 2 aliphatic heterocycles. The van der Waals surface area contributed by atoms with Gasteiger partial charge in [-0.2, -0.15) is 0 Å². The molecule has 0 bridgehead atoms. The molecule has 2 heterocycles. The van der Waals surface area contributed by atoms with Crippen LogP contribution in [-0.4, -0.2) is 43.6 Å². The first-order valence-corrected chi connectivity index (χ1v) is 10.0. The van der Waals surface area contributed by atoms with Gasteiger partial charge in [0.2, 0.25) is 5.91 Å². The predicted octanol–water partition coefficient (Wildman–Crippen LogP) is 3.74. The lowest BCUT2D eigenvalue weighted by Gasteiger charge is -2.44. The smallest absolute Gasteiger partial charge is 0.412 e. The number of nitrogens with zero attached hydrogens (tertiary/aromatic N) is 1. The number of likely N-dealkylation sites (tertiary alicyclic amines) is 1. The number of anilines is 2. The normalized spacial score (nSPS) is 17.2. The molecule has 2 aliphatic rings. The Labute approximate surface area is 175 Å². The lowest BCUT2D eigenvalue weighted by atomic mass is 9.82. The Bertz CT molecular complexity index is 950. The largest absolute Gasteiger partial charge is 0.497 e. The molecule has 0 radical (unpaired) electrons. The molecule has 2 aromatic rings. The number of amides is 2. The highest BCUT2D eigenvalue weighted by molar-refractivity contribution is 5.90. The van der Waals surface area contributed by atoms with Crippen LogP contribution in [0.3, 0.4) is 0 Å². The molecule has 1 saturated heterocycles. The van der Waals surface area contributed by atoms with Crippen LogP contribution in [0.1, 0.15) is 18.4 Å². The number of para-hydroxylation sites is 1. The molecule has 1 spiro atoms. The van der Waals surface area contributed by atoms with Gasteiger partial charge >= 0.3 is 6.09 Å². The fourth-order valence-corrected chi connectivity index (χ4v) is 3.96. The zero-order valence-electron chi connectivity index (χ0n) is 16.9. The fourth-order valence-electron chi connectivity index (χ4n) is 3.96. The Morgan fingerprint density at radius 2 is 2.00 bits per heavy atom. The molecule has 7 heteroatoms. The van der Waals surface area contributed by atoms with Gasteiger partial charge in [-0.1, -0.05) is 24.3 Å². The van der Waals surface area contributed by atoms with Crippen LogP contribution in [0.2, 0.25) is 0 Å². The predicted molar refractivity (Wildman–Crippen MR) is 115 cm³/mol. The highest BCUT2D eigenvalue weighted by Crippen LogP contribution is 2.44. The average molecular weight is 407 g/mol. The van der Waals surface area contributed by atoms with Crippen LogP contribution in [0.5, 0.6) is 5.75 Å². The first-order chi connectivity index (χ1) is 14.6. The molecule has 0 saturated carbocycles. The molecule has 0 aromatic heterocycles. The Morgan fingerprint density at radius 1 is 1.23 bits per heavy atom. The van der Waals surface area contributed by atoms with Gasteiger partial charge in [0.05, 0.1) is 12.8 Å². The zero-order valence-corrected chi connectivity index (χ0v) is 16.9. The van der Waals surface area contributed by atoms with Crippen molar-refractivity contribution in [3.8, 4) is 5.75 Å². The van der Waals surface area contributed by atoms with Crippen molar-refractivity contribution in [3.63, 3.8) is 0 Å². The maximum absolute atomic E-state index is 12.6. The molecule has 0 atom stereocenters. The third kappa shape index (κ3) is 4.10. The van der Waals surface area contributed by atoms with E-state index in [-0.39, 0.29) is 5.91 Å². The molecule has 30 heavy (non-hydrogen) atoms. The molecule has 1 fully saturated rings. The molecule has 0 aliphatic carbocycles. The highest BCUT2D eigenvalue weighted by atomic mass is 16.6. The minimum atomic E-state index is -0.735. The first kappa shape index (κ1) is 19.8. The fraction of sp³-hybridized carbons (Fsp3) is 0.304. The molecule has 2 amide bonds. The molecule has 4 rings (SSSR count). The van der Waals surface area contributed by atoms with E-state index in [2.05, 4.69) is 10.6 Å². The van der Waals surface area contributed by atoms with Gasteiger partial charge in [0.15, 0.2) is 0 Å². The van der Waals surface area contributed by atoms with Crippen molar-refractivity contribution in [2.24, 2.45) is 0 Å². The maximum atomic E-state index is 12.6. The summed E-state index contributed by atoms with van der Waals surface area (Å²) in [5, 5.41) is 5.99. The quantitative estimate of drug-likeness (QED) is 0.738. The second-order valence-corrected chi connectivity index (χ2v) is 7.39. The summed E-state index contributed by atoms with van der Waals surface area (Å²) in [4.78, 5) is 26.5. The zero-order chi connectivity index (χ0) is 21.0. The first-order valence-electron chi connectivity index (χ1n) is 10.0. The van der Waals surface area contributed by atoms with Crippen molar-refractivity contribution in [3.05, 3.63) is 66.2 Å². The summed E-state index contributed by atoms with van der Waals surface area (Å²) in [5.74, 6) is 0.672. The summed E-state index contributed by atoms with van der Waals surface area (Å²) in [6.07, 6.45) is 4.05. The van der Waals surface area contributed by atoms with Crippen molar-refractivity contribution in [1.82, 2.24) is 4.90 Å². The second-order valence-electron chi connectivity index (χ2n) is 7.39. The van der Waals surface area contributed by atoms with E-state index in [1.165, 1.54) is 0 Å². The number of methoxy groups -OCH3 is 1. The number of rotatable bonds is 5. The third-order valence-electron chi connectivity index (χ3n) is 5.58. The summed E-state index contributed by atoms with van der Waals surface area (Å²) in [6, 6.07) is 15.4. The van der Waals surface area contributed by atoms with Crippen LogP contribution in [0, 0.1) is 0 Å². The van der Waals surface area contributed by atoms with E-state index in [4.69, 9.17) is 9.47 Å². The number of fused-ring (bicyclic) bond motifs is 2. The summed E-state index contributed by atoms with van der Waals surface area (Å²) in [5.41, 5.74) is 1.91. The number of benzene rings is 2. The van der Waals surface area contributed by atoms with Gasteiger partial charge in [0.25, 0.3) is 0 Å². The molecule has 7 nitrogen and oxygen atoms in total. The molecule has 2 aromatic carbocycles. The Hall–Kier alpha value is -3.48.